The maximum atomic E-state index is 6.93. The summed E-state index contributed by atoms with van der Waals surface area (Å²) in [6.45, 7) is 0.800. The van der Waals surface area contributed by atoms with Gasteiger partial charge in [-0.05, 0) is 33.4 Å². The summed E-state index contributed by atoms with van der Waals surface area (Å²) in [5, 5.41) is 0. The van der Waals surface area contributed by atoms with E-state index in [2.05, 4.69) is 158 Å². The molecule has 0 N–H and O–H groups in total. The molecule has 0 aliphatic rings. The Labute approximate surface area is 260 Å². The van der Waals surface area contributed by atoms with Crippen LogP contribution >= 0.6 is 0 Å². The summed E-state index contributed by atoms with van der Waals surface area (Å²) in [5.41, 5.74) is 4.96. The third-order valence-corrected chi connectivity index (χ3v) is 8.04. The van der Waals surface area contributed by atoms with Crippen molar-refractivity contribution >= 4 is 0 Å². The van der Waals surface area contributed by atoms with Crippen LogP contribution in [0.25, 0.3) is 0 Å². The Bertz CT molecular complexity index is 1390. The molecular formula is C42H36O2. The lowest BCUT2D eigenvalue weighted by Crippen LogP contribution is -2.33. The van der Waals surface area contributed by atoms with Crippen molar-refractivity contribution in [3.8, 4) is 0 Å². The van der Waals surface area contributed by atoms with Crippen LogP contribution in [0.3, 0.4) is 0 Å². The van der Waals surface area contributed by atoms with E-state index < -0.39 is 11.2 Å². The summed E-state index contributed by atoms with van der Waals surface area (Å²) in [5.74, 6) is 0. The standard InChI is InChI=1S/C42H36O2/c1-7-21-35(22-8-1)41(36-23-9-2-10-24-36,37-25-11-3-12-26-37)43-33-19-20-34-44-42(38-27-13-4-14-28-38,39-29-15-5-16-30-39)40-31-17-6-18-32-40/h1-32H,33-34H2/b20-19+. The molecule has 2 heteroatoms. The lowest BCUT2D eigenvalue weighted by molar-refractivity contribution is 0.0260. The quantitative estimate of drug-likeness (QED) is 0.107. The highest BCUT2D eigenvalue weighted by atomic mass is 16.5. The van der Waals surface area contributed by atoms with Crippen molar-refractivity contribution < 1.29 is 9.47 Å². The molecule has 0 bridgehead atoms. The average Bonchev–Trinajstić information content (AvgIpc) is 3.12. The lowest BCUT2D eigenvalue weighted by atomic mass is 9.80. The zero-order valence-corrected chi connectivity index (χ0v) is 24.7. The molecule has 2 nitrogen and oxygen atoms in total. The summed E-state index contributed by atoms with van der Waals surface area (Å²) in [4.78, 5) is 0. The van der Waals surface area contributed by atoms with Crippen LogP contribution in [-0.4, -0.2) is 13.2 Å². The van der Waals surface area contributed by atoms with E-state index in [9.17, 15) is 0 Å². The maximum absolute atomic E-state index is 6.93. The molecule has 6 aromatic rings. The van der Waals surface area contributed by atoms with Crippen LogP contribution in [0, 0.1) is 0 Å². The fourth-order valence-electron chi connectivity index (χ4n) is 6.02. The van der Waals surface area contributed by atoms with Gasteiger partial charge in [0.25, 0.3) is 0 Å². The van der Waals surface area contributed by atoms with Gasteiger partial charge in [0.2, 0.25) is 0 Å². The van der Waals surface area contributed by atoms with Crippen LogP contribution in [0.1, 0.15) is 33.4 Å². The van der Waals surface area contributed by atoms with Crippen molar-refractivity contribution in [1.82, 2.24) is 0 Å². The van der Waals surface area contributed by atoms with E-state index in [0.717, 1.165) is 33.4 Å². The number of rotatable bonds is 12. The summed E-state index contributed by atoms with van der Waals surface area (Å²) < 4.78 is 13.9. The smallest absolute Gasteiger partial charge is 0.144 e. The minimum absolute atomic E-state index is 0.400. The van der Waals surface area contributed by atoms with E-state index in [1.165, 1.54) is 0 Å². The number of ether oxygens (including phenoxy) is 2. The zero-order chi connectivity index (χ0) is 29.9. The topological polar surface area (TPSA) is 18.5 Å². The van der Waals surface area contributed by atoms with E-state index in [4.69, 9.17) is 9.47 Å². The highest BCUT2D eigenvalue weighted by molar-refractivity contribution is 5.49. The molecule has 0 aromatic heterocycles. The highest BCUT2D eigenvalue weighted by Crippen LogP contribution is 2.41. The summed E-state index contributed by atoms with van der Waals surface area (Å²) in [6, 6.07) is 62.8. The largest absolute Gasteiger partial charge is 0.357 e. The van der Waals surface area contributed by atoms with Crippen molar-refractivity contribution in [2.75, 3.05) is 13.2 Å². The Kier molecular flexibility index (Phi) is 9.23. The first-order valence-corrected chi connectivity index (χ1v) is 15.1. The van der Waals surface area contributed by atoms with Gasteiger partial charge in [-0.1, -0.05) is 194 Å². The van der Waals surface area contributed by atoms with Gasteiger partial charge in [-0.25, -0.2) is 0 Å². The second kappa shape index (κ2) is 14.0. The second-order valence-corrected chi connectivity index (χ2v) is 10.7. The molecule has 0 aliphatic heterocycles. The van der Waals surface area contributed by atoms with Gasteiger partial charge in [0.15, 0.2) is 0 Å². The van der Waals surface area contributed by atoms with E-state index >= 15 is 0 Å². The van der Waals surface area contributed by atoms with E-state index in [-0.39, 0.29) is 0 Å². The van der Waals surface area contributed by atoms with Crippen molar-refractivity contribution in [3.63, 3.8) is 0 Å². The molecule has 0 spiro atoms. The Balaban J connectivity index is 1.31. The zero-order valence-electron chi connectivity index (χ0n) is 24.7. The van der Waals surface area contributed by atoms with Crippen molar-refractivity contribution in [2.24, 2.45) is 0 Å². The fourth-order valence-corrected chi connectivity index (χ4v) is 6.02. The second-order valence-electron chi connectivity index (χ2n) is 10.7. The van der Waals surface area contributed by atoms with E-state index in [0.29, 0.717) is 13.2 Å². The lowest BCUT2D eigenvalue weighted by Gasteiger charge is -2.36. The van der Waals surface area contributed by atoms with Crippen molar-refractivity contribution in [2.45, 2.75) is 11.2 Å². The van der Waals surface area contributed by atoms with Crippen LogP contribution < -0.4 is 0 Å². The Hall–Kier alpha value is -5.02. The molecule has 6 rings (SSSR count). The first kappa shape index (κ1) is 29.1. The molecule has 0 saturated carbocycles. The molecule has 0 unspecified atom stereocenters. The van der Waals surface area contributed by atoms with Gasteiger partial charge in [-0.3, -0.25) is 0 Å². The van der Waals surface area contributed by atoms with Gasteiger partial charge in [0, 0.05) is 0 Å². The van der Waals surface area contributed by atoms with Crippen molar-refractivity contribution in [3.05, 3.63) is 228 Å². The summed E-state index contributed by atoms with van der Waals surface area (Å²) >= 11 is 0. The molecule has 0 aliphatic carbocycles. The normalized spacial score (nSPS) is 11.9. The predicted octanol–water partition coefficient (Wildman–Crippen LogP) is 9.56. The third-order valence-electron chi connectivity index (χ3n) is 8.04. The predicted molar refractivity (Wildman–Crippen MR) is 179 cm³/mol. The van der Waals surface area contributed by atoms with Crippen molar-refractivity contribution in [1.29, 1.82) is 0 Å². The molecule has 44 heavy (non-hydrogen) atoms. The Morgan fingerprint density at radius 3 is 0.659 bits per heavy atom. The Morgan fingerprint density at radius 1 is 0.295 bits per heavy atom. The van der Waals surface area contributed by atoms with Gasteiger partial charge in [-0.15, -0.1) is 0 Å². The van der Waals surface area contributed by atoms with Crippen LogP contribution in [0.4, 0.5) is 0 Å². The van der Waals surface area contributed by atoms with Crippen LogP contribution in [0.5, 0.6) is 0 Å². The molecule has 0 fully saturated rings. The summed E-state index contributed by atoms with van der Waals surface area (Å²) in [6.07, 6.45) is 4.13. The van der Waals surface area contributed by atoms with Crippen LogP contribution in [0.15, 0.2) is 194 Å². The van der Waals surface area contributed by atoms with Gasteiger partial charge in [0.1, 0.15) is 11.2 Å². The van der Waals surface area contributed by atoms with Gasteiger partial charge in [-0.2, -0.15) is 0 Å². The average molecular weight is 573 g/mol. The number of benzene rings is 6. The first-order valence-electron chi connectivity index (χ1n) is 15.1. The van der Waals surface area contributed by atoms with Crippen LogP contribution in [-0.2, 0) is 20.7 Å². The molecule has 0 amide bonds. The minimum atomic E-state index is -0.767. The van der Waals surface area contributed by atoms with Gasteiger partial charge in [0.05, 0.1) is 13.2 Å². The number of hydrogen-bond acceptors (Lipinski definition) is 2. The summed E-state index contributed by atoms with van der Waals surface area (Å²) in [7, 11) is 0. The van der Waals surface area contributed by atoms with Crippen LogP contribution in [0.2, 0.25) is 0 Å². The monoisotopic (exact) mass is 572 g/mol. The molecule has 216 valence electrons. The SMILES string of the molecule is C(=C\COC(c1ccccc1)(c1ccccc1)c1ccccc1)/COC(c1ccccc1)(c1ccccc1)c1ccccc1. The fraction of sp³-hybridized carbons (Fsp3) is 0.0952. The number of hydrogen-bond donors (Lipinski definition) is 0. The highest BCUT2D eigenvalue weighted by Gasteiger charge is 2.38. The molecule has 0 heterocycles. The Morgan fingerprint density at radius 2 is 0.477 bits per heavy atom. The molecule has 0 atom stereocenters. The molecule has 0 radical (unpaired) electrons. The van der Waals surface area contributed by atoms with E-state index in [1.54, 1.807) is 0 Å². The van der Waals surface area contributed by atoms with E-state index in [1.807, 2.05) is 36.4 Å². The maximum Gasteiger partial charge on any atom is 0.144 e. The third kappa shape index (κ3) is 5.91. The molecular weight excluding hydrogens is 536 g/mol. The first-order chi connectivity index (χ1) is 21.8. The molecule has 0 saturated heterocycles. The minimum Gasteiger partial charge on any atom is -0.357 e. The van der Waals surface area contributed by atoms with Gasteiger partial charge < -0.3 is 9.47 Å². The van der Waals surface area contributed by atoms with Gasteiger partial charge >= 0.3 is 0 Å². The molecule has 6 aromatic carbocycles.